The first-order valence-corrected chi connectivity index (χ1v) is 8.60. The van der Waals surface area contributed by atoms with Gasteiger partial charge in [0.15, 0.2) is 5.76 Å². The van der Waals surface area contributed by atoms with Crippen LogP contribution in [0.5, 0.6) is 0 Å². The number of nitrogens with one attached hydrogen (secondary N) is 1. The number of fused-ring (bicyclic) bond motifs is 2. The molecule has 2 aromatic heterocycles. The van der Waals surface area contributed by atoms with Crippen molar-refractivity contribution in [3.8, 4) is 0 Å². The fourth-order valence-corrected chi connectivity index (χ4v) is 4.23. The molecule has 4 nitrogen and oxygen atoms in total. The molecule has 1 amide bonds. The Balaban J connectivity index is 1.52. The molecule has 0 saturated carbocycles. The highest BCUT2D eigenvalue weighted by Gasteiger charge is 2.35. The van der Waals surface area contributed by atoms with E-state index in [1.54, 1.807) is 17.4 Å². The summed E-state index contributed by atoms with van der Waals surface area (Å²) in [4.78, 5) is 13.6. The van der Waals surface area contributed by atoms with Gasteiger partial charge in [0.1, 0.15) is 11.2 Å². The van der Waals surface area contributed by atoms with Crippen LogP contribution in [0.25, 0.3) is 11.0 Å². The molecule has 0 spiro atoms. The van der Waals surface area contributed by atoms with Crippen LogP contribution in [-0.2, 0) is 12.0 Å². The van der Waals surface area contributed by atoms with Gasteiger partial charge in [-0.15, -0.1) is 11.3 Å². The number of hydrogen-bond donors (Lipinski definition) is 2. The summed E-state index contributed by atoms with van der Waals surface area (Å²) in [5.41, 5.74) is 0.669. The van der Waals surface area contributed by atoms with Crippen LogP contribution in [-0.4, -0.2) is 17.6 Å². The average molecular weight is 327 g/mol. The Morgan fingerprint density at radius 1 is 1.35 bits per heavy atom. The van der Waals surface area contributed by atoms with Crippen molar-refractivity contribution >= 4 is 28.2 Å². The number of furan rings is 1. The molecule has 1 aliphatic carbocycles. The second-order valence-corrected chi connectivity index (χ2v) is 6.97. The van der Waals surface area contributed by atoms with Gasteiger partial charge in [0.05, 0.1) is 6.54 Å². The third-order valence-corrected chi connectivity index (χ3v) is 5.41. The molecule has 118 valence electrons. The molecule has 2 heterocycles. The van der Waals surface area contributed by atoms with Gasteiger partial charge >= 0.3 is 0 Å². The molecule has 1 aliphatic rings. The number of carbonyl (C=O) groups excluding carboxylic acids is 1. The van der Waals surface area contributed by atoms with Crippen molar-refractivity contribution in [3.05, 3.63) is 58.0 Å². The highest BCUT2D eigenvalue weighted by atomic mass is 32.1. The Hall–Kier alpha value is -2.11. The minimum absolute atomic E-state index is 0.201. The molecule has 2 N–H and O–H groups in total. The van der Waals surface area contributed by atoms with Crippen LogP contribution in [0.3, 0.4) is 0 Å². The summed E-state index contributed by atoms with van der Waals surface area (Å²) in [5.74, 6) is -0.0203. The van der Waals surface area contributed by atoms with Crippen LogP contribution in [0, 0.1) is 0 Å². The zero-order valence-electron chi connectivity index (χ0n) is 12.5. The van der Waals surface area contributed by atoms with Crippen molar-refractivity contribution in [2.24, 2.45) is 0 Å². The van der Waals surface area contributed by atoms with E-state index in [9.17, 15) is 9.90 Å². The van der Waals surface area contributed by atoms with Crippen LogP contribution in [0.1, 0.15) is 33.8 Å². The second kappa shape index (κ2) is 5.51. The minimum atomic E-state index is -0.977. The summed E-state index contributed by atoms with van der Waals surface area (Å²) >= 11 is 1.67. The third-order valence-electron chi connectivity index (χ3n) is 4.43. The summed E-state index contributed by atoms with van der Waals surface area (Å²) in [6.45, 7) is 0.201. The fraction of sp³-hybridized carbons (Fsp3) is 0.278. The Labute approximate surface area is 137 Å². The van der Waals surface area contributed by atoms with Gasteiger partial charge < -0.3 is 14.8 Å². The first kappa shape index (κ1) is 14.5. The molecule has 1 aromatic carbocycles. The SMILES string of the molecule is O=C(NCC1(O)CCCc2sccc21)c1cc2ccccc2o1. The van der Waals surface area contributed by atoms with Crippen molar-refractivity contribution in [2.45, 2.75) is 24.9 Å². The van der Waals surface area contributed by atoms with E-state index in [1.165, 1.54) is 4.88 Å². The fourth-order valence-electron chi connectivity index (χ4n) is 3.22. The first-order valence-electron chi connectivity index (χ1n) is 7.72. The maximum atomic E-state index is 12.3. The van der Waals surface area contributed by atoms with Crippen LogP contribution >= 0.6 is 11.3 Å². The van der Waals surface area contributed by atoms with E-state index in [1.807, 2.05) is 35.7 Å². The highest BCUT2D eigenvalue weighted by Crippen LogP contribution is 2.37. The molecule has 0 saturated heterocycles. The van der Waals surface area contributed by atoms with Crippen molar-refractivity contribution in [1.29, 1.82) is 0 Å². The smallest absolute Gasteiger partial charge is 0.287 e. The maximum Gasteiger partial charge on any atom is 0.287 e. The lowest BCUT2D eigenvalue weighted by Crippen LogP contribution is -2.42. The normalized spacial score (nSPS) is 20.4. The molecular weight excluding hydrogens is 310 g/mol. The minimum Gasteiger partial charge on any atom is -0.451 e. The standard InChI is InChI=1S/C18H17NO3S/c20-17(15-10-12-4-1-2-5-14(12)22-15)19-11-18(21)8-3-6-16-13(18)7-9-23-16/h1-2,4-5,7,9-10,21H,3,6,8,11H2,(H,19,20). The second-order valence-electron chi connectivity index (χ2n) is 5.97. The molecule has 23 heavy (non-hydrogen) atoms. The lowest BCUT2D eigenvalue weighted by molar-refractivity contribution is 0.0194. The lowest BCUT2D eigenvalue weighted by Gasteiger charge is -2.32. The number of rotatable bonds is 3. The lowest BCUT2D eigenvalue weighted by atomic mass is 9.83. The van der Waals surface area contributed by atoms with Gasteiger partial charge in [0.2, 0.25) is 0 Å². The molecule has 0 bridgehead atoms. The Morgan fingerprint density at radius 2 is 2.22 bits per heavy atom. The third kappa shape index (κ3) is 2.56. The molecule has 3 aromatic rings. The van der Waals surface area contributed by atoms with Crippen LogP contribution in [0.2, 0.25) is 0 Å². The Bertz CT molecular complexity index is 833. The van der Waals surface area contributed by atoms with Crippen LogP contribution in [0.15, 0.2) is 46.2 Å². The molecule has 1 unspecified atom stereocenters. The van der Waals surface area contributed by atoms with E-state index in [0.29, 0.717) is 12.0 Å². The molecule has 5 heteroatoms. The van der Waals surface area contributed by atoms with Gasteiger partial charge in [0.25, 0.3) is 5.91 Å². The summed E-state index contributed by atoms with van der Waals surface area (Å²) in [6, 6.07) is 11.2. The number of thiophene rings is 1. The first-order chi connectivity index (χ1) is 11.2. The van der Waals surface area contributed by atoms with Gasteiger partial charge in [-0.25, -0.2) is 0 Å². The van der Waals surface area contributed by atoms with Gasteiger partial charge in [-0.2, -0.15) is 0 Å². The molecule has 0 radical (unpaired) electrons. The largest absolute Gasteiger partial charge is 0.451 e. The van der Waals surface area contributed by atoms with E-state index < -0.39 is 5.60 Å². The molecule has 0 aliphatic heterocycles. The van der Waals surface area contributed by atoms with Gasteiger partial charge in [-0.05, 0) is 48.4 Å². The van der Waals surface area contributed by atoms with Crippen molar-refractivity contribution in [1.82, 2.24) is 5.32 Å². The molecular formula is C18H17NO3S. The van der Waals surface area contributed by atoms with Crippen molar-refractivity contribution in [2.75, 3.05) is 6.54 Å². The van der Waals surface area contributed by atoms with E-state index >= 15 is 0 Å². The highest BCUT2D eigenvalue weighted by molar-refractivity contribution is 7.10. The monoisotopic (exact) mass is 327 g/mol. The number of carbonyl (C=O) groups is 1. The number of aryl methyl sites for hydroxylation is 1. The average Bonchev–Trinajstić information content (AvgIpc) is 3.20. The predicted molar refractivity (Wildman–Crippen MR) is 89.7 cm³/mol. The molecule has 0 fully saturated rings. The van der Waals surface area contributed by atoms with Crippen molar-refractivity contribution in [3.63, 3.8) is 0 Å². The topological polar surface area (TPSA) is 62.5 Å². The van der Waals surface area contributed by atoms with Gasteiger partial charge in [-0.3, -0.25) is 4.79 Å². The summed E-state index contributed by atoms with van der Waals surface area (Å²) in [5, 5.41) is 16.6. The number of aliphatic hydroxyl groups is 1. The number of para-hydroxylation sites is 1. The molecule has 1 atom stereocenters. The summed E-state index contributed by atoms with van der Waals surface area (Å²) in [6.07, 6.45) is 2.61. The van der Waals surface area contributed by atoms with E-state index in [-0.39, 0.29) is 18.2 Å². The quantitative estimate of drug-likeness (QED) is 0.774. The van der Waals surface area contributed by atoms with Gasteiger partial charge in [-0.1, -0.05) is 18.2 Å². The molecule has 4 rings (SSSR count). The predicted octanol–water partition coefficient (Wildman–Crippen LogP) is 3.45. The number of hydrogen-bond acceptors (Lipinski definition) is 4. The van der Waals surface area contributed by atoms with Gasteiger partial charge in [0, 0.05) is 10.3 Å². The van der Waals surface area contributed by atoms with E-state index in [4.69, 9.17) is 4.42 Å². The number of amides is 1. The summed E-state index contributed by atoms with van der Waals surface area (Å²) < 4.78 is 5.57. The maximum absolute atomic E-state index is 12.3. The van der Waals surface area contributed by atoms with Crippen LogP contribution < -0.4 is 5.32 Å². The summed E-state index contributed by atoms with van der Waals surface area (Å²) in [7, 11) is 0. The zero-order chi connectivity index (χ0) is 15.9. The van der Waals surface area contributed by atoms with Crippen molar-refractivity contribution < 1.29 is 14.3 Å². The van der Waals surface area contributed by atoms with E-state index in [0.717, 1.165) is 23.8 Å². The zero-order valence-corrected chi connectivity index (χ0v) is 13.4. The Morgan fingerprint density at radius 3 is 3.09 bits per heavy atom. The Kier molecular flexibility index (Phi) is 3.47. The van der Waals surface area contributed by atoms with E-state index in [2.05, 4.69) is 5.32 Å². The number of benzene rings is 1. The van der Waals surface area contributed by atoms with Crippen LogP contribution in [0.4, 0.5) is 0 Å².